The van der Waals surface area contributed by atoms with Crippen LogP contribution in [0.2, 0.25) is 0 Å². The Morgan fingerprint density at radius 3 is 2.31 bits per heavy atom. The molecule has 0 bridgehead atoms. The zero-order valence-electron chi connectivity index (χ0n) is 11.8. The van der Waals surface area contributed by atoms with Gasteiger partial charge in [-0.25, -0.2) is 0 Å². The van der Waals surface area contributed by atoms with Gasteiger partial charge in [-0.2, -0.15) is 0 Å². The van der Waals surface area contributed by atoms with Crippen molar-refractivity contribution in [3.8, 4) is 0 Å². The fraction of sp³-hybridized carbons (Fsp3) is 1.00. The summed E-state index contributed by atoms with van der Waals surface area (Å²) in [7, 11) is 2.06. The first-order valence-electron chi connectivity index (χ1n) is 6.71. The minimum atomic E-state index is 0.106. The van der Waals surface area contributed by atoms with Gasteiger partial charge in [-0.1, -0.05) is 13.8 Å². The van der Waals surface area contributed by atoms with Gasteiger partial charge in [0.25, 0.3) is 0 Å². The van der Waals surface area contributed by atoms with E-state index in [4.69, 9.17) is 4.74 Å². The summed E-state index contributed by atoms with van der Waals surface area (Å²) in [6, 6.07) is 0.576. The fourth-order valence-corrected chi connectivity index (χ4v) is 2.81. The highest BCUT2D eigenvalue weighted by atomic mass is 16.5. The van der Waals surface area contributed by atoms with Crippen molar-refractivity contribution in [3.63, 3.8) is 0 Å². The highest BCUT2D eigenvalue weighted by Crippen LogP contribution is 2.34. The van der Waals surface area contributed by atoms with Crippen LogP contribution in [-0.4, -0.2) is 24.8 Å². The maximum absolute atomic E-state index is 6.10. The zero-order chi connectivity index (χ0) is 12.3. The Labute approximate surface area is 101 Å². The minimum absolute atomic E-state index is 0.106. The molecule has 16 heavy (non-hydrogen) atoms. The molecule has 96 valence electrons. The first-order chi connectivity index (χ1) is 7.35. The molecule has 1 heterocycles. The van der Waals surface area contributed by atoms with Crippen LogP contribution in [0.25, 0.3) is 0 Å². The van der Waals surface area contributed by atoms with E-state index in [0.717, 1.165) is 5.92 Å². The van der Waals surface area contributed by atoms with Crippen molar-refractivity contribution in [2.75, 3.05) is 7.05 Å². The Balaban J connectivity index is 2.50. The topological polar surface area (TPSA) is 21.3 Å². The van der Waals surface area contributed by atoms with Gasteiger partial charge in [0.2, 0.25) is 0 Å². The third-order valence-corrected chi connectivity index (χ3v) is 4.04. The molecule has 0 aromatic rings. The molecule has 2 nitrogen and oxygen atoms in total. The number of ether oxygens (including phenoxy) is 1. The van der Waals surface area contributed by atoms with E-state index in [-0.39, 0.29) is 5.60 Å². The van der Waals surface area contributed by atoms with Crippen molar-refractivity contribution in [1.82, 2.24) is 5.32 Å². The largest absolute Gasteiger partial charge is 0.372 e. The average molecular weight is 227 g/mol. The Hall–Kier alpha value is -0.0800. The van der Waals surface area contributed by atoms with Crippen LogP contribution in [0, 0.1) is 11.8 Å². The molecular formula is C14H29NO. The highest BCUT2D eigenvalue weighted by Gasteiger charge is 2.34. The standard InChI is InChI=1S/C14H29NO/c1-10(2)13(11(3)15-6)9-12-7-8-14(4,5)16-12/h10-13,15H,7-9H2,1-6H3. The van der Waals surface area contributed by atoms with Crippen molar-refractivity contribution >= 4 is 0 Å². The Kier molecular flexibility index (Phi) is 4.81. The number of rotatable bonds is 5. The summed E-state index contributed by atoms with van der Waals surface area (Å²) in [5.41, 5.74) is 0.106. The zero-order valence-corrected chi connectivity index (χ0v) is 11.8. The molecule has 0 amide bonds. The van der Waals surface area contributed by atoms with E-state index in [1.165, 1.54) is 19.3 Å². The lowest BCUT2D eigenvalue weighted by Gasteiger charge is -2.30. The van der Waals surface area contributed by atoms with Crippen LogP contribution in [0.4, 0.5) is 0 Å². The highest BCUT2D eigenvalue weighted by molar-refractivity contribution is 4.85. The predicted molar refractivity (Wildman–Crippen MR) is 69.7 cm³/mol. The lowest BCUT2D eigenvalue weighted by Crippen LogP contribution is -2.36. The third-order valence-electron chi connectivity index (χ3n) is 4.04. The van der Waals surface area contributed by atoms with Gasteiger partial charge in [0.1, 0.15) is 0 Å². The molecule has 0 aromatic heterocycles. The average Bonchev–Trinajstić information content (AvgIpc) is 2.53. The van der Waals surface area contributed by atoms with E-state index < -0.39 is 0 Å². The van der Waals surface area contributed by atoms with Crippen LogP contribution in [0.3, 0.4) is 0 Å². The van der Waals surface area contributed by atoms with Gasteiger partial charge in [-0.3, -0.25) is 0 Å². The maximum Gasteiger partial charge on any atom is 0.0631 e. The van der Waals surface area contributed by atoms with Crippen molar-refractivity contribution in [2.45, 2.75) is 71.6 Å². The molecule has 1 rings (SSSR count). The molecule has 1 aliphatic heterocycles. The van der Waals surface area contributed by atoms with Crippen LogP contribution >= 0.6 is 0 Å². The van der Waals surface area contributed by atoms with Gasteiger partial charge in [0, 0.05) is 6.04 Å². The van der Waals surface area contributed by atoms with E-state index >= 15 is 0 Å². The van der Waals surface area contributed by atoms with Crippen LogP contribution in [0.5, 0.6) is 0 Å². The Morgan fingerprint density at radius 2 is 1.94 bits per heavy atom. The number of hydrogen-bond acceptors (Lipinski definition) is 2. The van der Waals surface area contributed by atoms with Crippen molar-refractivity contribution in [1.29, 1.82) is 0 Å². The van der Waals surface area contributed by atoms with E-state index in [2.05, 4.69) is 47.0 Å². The van der Waals surface area contributed by atoms with Gasteiger partial charge in [-0.05, 0) is 58.9 Å². The molecule has 1 fully saturated rings. The summed E-state index contributed by atoms with van der Waals surface area (Å²) >= 11 is 0. The maximum atomic E-state index is 6.10. The minimum Gasteiger partial charge on any atom is -0.372 e. The first-order valence-corrected chi connectivity index (χ1v) is 6.71. The number of hydrogen-bond donors (Lipinski definition) is 1. The van der Waals surface area contributed by atoms with Crippen molar-refractivity contribution < 1.29 is 4.74 Å². The molecule has 3 unspecified atom stereocenters. The van der Waals surface area contributed by atoms with E-state index in [9.17, 15) is 0 Å². The summed E-state index contributed by atoms with van der Waals surface area (Å²) in [4.78, 5) is 0. The van der Waals surface area contributed by atoms with E-state index in [1.54, 1.807) is 0 Å². The molecule has 1 saturated heterocycles. The van der Waals surface area contributed by atoms with E-state index in [1.807, 2.05) is 0 Å². The van der Waals surface area contributed by atoms with Gasteiger partial charge in [0.15, 0.2) is 0 Å². The molecule has 0 saturated carbocycles. The summed E-state index contributed by atoms with van der Waals surface area (Å²) in [5, 5.41) is 3.39. The van der Waals surface area contributed by atoms with Crippen LogP contribution < -0.4 is 5.32 Å². The lowest BCUT2D eigenvalue weighted by molar-refractivity contribution is -0.0292. The fourth-order valence-electron chi connectivity index (χ4n) is 2.81. The molecule has 0 radical (unpaired) electrons. The first kappa shape index (κ1) is 14.0. The normalized spacial score (nSPS) is 28.3. The lowest BCUT2D eigenvalue weighted by atomic mass is 9.84. The molecule has 2 heteroatoms. The summed E-state index contributed by atoms with van der Waals surface area (Å²) in [6.07, 6.45) is 4.10. The van der Waals surface area contributed by atoms with Gasteiger partial charge < -0.3 is 10.1 Å². The molecular weight excluding hydrogens is 198 g/mol. The SMILES string of the molecule is CNC(C)C(CC1CCC(C)(C)O1)C(C)C. The molecule has 0 spiro atoms. The molecule has 3 atom stereocenters. The molecule has 0 aliphatic carbocycles. The Morgan fingerprint density at radius 1 is 1.31 bits per heavy atom. The van der Waals surface area contributed by atoms with Crippen LogP contribution in [0.1, 0.15) is 53.9 Å². The smallest absolute Gasteiger partial charge is 0.0631 e. The van der Waals surface area contributed by atoms with Crippen LogP contribution in [0.15, 0.2) is 0 Å². The van der Waals surface area contributed by atoms with Gasteiger partial charge in [0.05, 0.1) is 11.7 Å². The second-order valence-corrected chi connectivity index (χ2v) is 6.26. The molecule has 1 N–H and O–H groups in total. The second kappa shape index (κ2) is 5.50. The monoisotopic (exact) mass is 227 g/mol. The van der Waals surface area contributed by atoms with Crippen molar-refractivity contribution in [2.24, 2.45) is 11.8 Å². The summed E-state index contributed by atoms with van der Waals surface area (Å²) < 4.78 is 6.10. The van der Waals surface area contributed by atoms with Crippen molar-refractivity contribution in [3.05, 3.63) is 0 Å². The number of nitrogens with one attached hydrogen (secondary N) is 1. The molecule has 0 aromatic carbocycles. The summed E-state index contributed by atoms with van der Waals surface area (Å²) in [5.74, 6) is 1.43. The summed E-state index contributed by atoms with van der Waals surface area (Å²) in [6.45, 7) is 11.3. The molecule has 1 aliphatic rings. The Bertz CT molecular complexity index is 213. The van der Waals surface area contributed by atoms with Crippen LogP contribution in [-0.2, 0) is 4.74 Å². The third kappa shape index (κ3) is 3.74. The van der Waals surface area contributed by atoms with Gasteiger partial charge in [-0.15, -0.1) is 0 Å². The quantitative estimate of drug-likeness (QED) is 0.778. The predicted octanol–water partition coefficient (Wildman–Crippen LogP) is 3.21. The van der Waals surface area contributed by atoms with Gasteiger partial charge >= 0.3 is 0 Å². The second-order valence-electron chi connectivity index (χ2n) is 6.26. The van der Waals surface area contributed by atoms with E-state index in [0.29, 0.717) is 18.1 Å².